The molecule has 4 heteroatoms. The van der Waals surface area contributed by atoms with Crippen molar-refractivity contribution in [2.45, 2.75) is 25.5 Å². The van der Waals surface area contributed by atoms with E-state index < -0.39 is 6.10 Å². The molecule has 0 saturated carbocycles. The van der Waals surface area contributed by atoms with E-state index in [0.717, 1.165) is 16.7 Å². The minimum Gasteiger partial charge on any atom is -0.391 e. The van der Waals surface area contributed by atoms with E-state index in [0.29, 0.717) is 13.0 Å². The number of hydrogen-bond acceptors (Lipinski definition) is 3. The average Bonchev–Trinajstić information content (AvgIpc) is 3.28. The van der Waals surface area contributed by atoms with Crippen LogP contribution in [0.15, 0.2) is 97.3 Å². The molecule has 0 spiro atoms. The zero-order valence-electron chi connectivity index (χ0n) is 19.1. The largest absolute Gasteiger partial charge is 0.391 e. The van der Waals surface area contributed by atoms with E-state index in [1.165, 1.54) is 21.9 Å². The molecule has 4 nitrogen and oxygen atoms in total. The van der Waals surface area contributed by atoms with Crippen LogP contribution >= 0.6 is 0 Å². The summed E-state index contributed by atoms with van der Waals surface area (Å²) in [6, 6.07) is 31.7. The first-order chi connectivity index (χ1) is 16.1. The van der Waals surface area contributed by atoms with Crippen molar-refractivity contribution in [3.05, 3.63) is 108 Å². The Balaban J connectivity index is 1.24. The molecule has 0 bridgehead atoms. The van der Waals surface area contributed by atoms with Gasteiger partial charge in [0.1, 0.15) is 6.33 Å². The molecule has 1 aromatic heterocycles. The number of benzene rings is 4. The van der Waals surface area contributed by atoms with Crippen LogP contribution in [0, 0.1) is 0 Å². The van der Waals surface area contributed by atoms with Crippen LogP contribution in [0.2, 0.25) is 0 Å². The summed E-state index contributed by atoms with van der Waals surface area (Å²) in [5.41, 5.74) is 5.59. The lowest BCUT2D eigenvalue weighted by Gasteiger charge is -2.27. The molecule has 2 unspecified atom stereocenters. The second-order valence-corrected chi connectivity index (χ2v) is 8.85. The highest BCUT2D eigenvalue weighted by molar-refractivity contribution is 5.83. The van der Waals surface area contributed by atoms with Gasteiger partial charge in [-0.25, -0.2) is 4.98 Å². The lowest BCUT2D eigenvalue weighted by atomic mass is 10.0. The van der Waals surface area contributed by atoms with Crippen LogP contribution in [0.3, 0.4) is 0 Å². The van der Waals surface area contributed by atoms with Crippen LogP contribution in [0.4, 0.5) is 0 Å². The lowest BCUT2D eigenvalue weighted by Crippen LogP contribution is -2.32. The fourth-order valence-corrected chi connectivity index (χ4v) is 4.53. The number of fused-ring (bicyclic) bond motifs is 2. The van der Waals surface area contributed by atoms with Gasteiger partial charge in [0.05, 0.1) is 17.1 Å². The van der Waals surface area contributed by atoms with Gasteiger partial charge in [0.15, 0.2) is 0 Å². The summed E-state index contributed by atoms with van der Waals surface area (Å²) in [7, 11) is 2.07. The van der Waals surface area contributed by atoms with Crippen molar-refractivity contribution in [2.75, 3.05) is 13.6 Å². The Kier molecular flexibility index (Phi) is 5.95. The molecule has 0 amide bonds. The first kappa shape index (κ1) is 21.4. The molecular formula is C29H29N3O. The fourth-order valence-electron chi connectivity index (χ4n) is 4.53. The molecule has 0 fully saturated rings. The van der Waals surface area contributed by atoms with Crippen LogP contribution in [0.1, 0.15) is 24.1 Å². The second-order valence-electron chi connectivity index (χ2n) is 8.85. The van der Waals surface area contributed by atoms with Crippen molar-refractivity contribution < 1.29 is 5.11 Å². The van der Waals surface area contributed by atoms with Crippen LogP contribution in [-0.2, 0) is 6.42 Å². The van der Waals surface area contributed by atoms with Gasteiger partial charge in [0.2, 0.25) is 0 Å². The lowest BCUT2D eigenvalue weighted by molar-refractivity contribution is 0.108. The topological polar surface area (TPSA) is 41.3 Å². The standard InChI is InChI=1S/C29H29N3O/c1-21(23-13-15-26(16-14-23)32-20-30-28-9-5-6-10-29(28)32)31(2)19-27(33)18-22-11-12-24-7-3-4-8-25(24)17-22/h3-17,20-21,27,33H,18-19H2,1-2H3. The van der Waals surface area contributed by atoms with Crippen molar-refractivity contribution in [2.24, 2.45) is 0 Å². The normalized spacial score (nSPS) is 13.6. The molecular weight excluding hydrogens is 406 g/mol. The Bertz CT molecular complexity index is 1370. The van der Waals surface area contributed by atoms with Gasteiger partial charge in [0, 0.05) is 18.3 Å². The van der Waals surface area contributed by atoms with Gasteiger partial charge in [-0.15, -0.1) is 0 Å². The van der Waals surface area contributed by atoms with Crippen molar-refractivity contribution in [3.63, 3.8) is 0 Å². The van der Waals surface area contributed by atoms with Gasteiger partial charge in [-0.05, 0) is 66.6 Å². The summed E-state index contributed by atoms with van der Waals surface area (Å²) >= 11 is 0. The van der Waals surface area contributed by atoms with Crippen molar-refractivity contribution in [1.82, 2.24) is 14.5 Å². The molecule has 0 saturated heterocycles. The van der Waals surface area contributed by atoms with Crippen LogP contribution in [0.25, 0.3) is 27.5 Å². The van der Waals surface area contributed by atoms with Crippen LogP contribution in [0.5, 0.6) is 0 Å². The monoisotopic (exact) mass is 435 g/mol. The summed E-state index contributed by atoms with van der Waals surface area (Å²) in [6.07, 6.45) is 2.10. The maximum Gasteiger partial charge on any atom is 0.100 e. The molecule has 1 N–H and O–H groups in total. The maximum atomic E-state index is 10.8. The van der Waals surface area contributed by atoms with E-state index in [-0.39, 0.29) is 6.04 Å². The number of aromatic nitrogens is 2. The molecule has 0 aliphatic rings. The predicted molar refractivity (Wildman–Crippen MR) is 136 cm³/mol. The third-order valence-electron chi connectivity index (χ3n) is 6.55. The Morgan fingerprint density at radius 1 is 0.879 bits per heavy atom. The first-order valence-electron chi connectivity index (χ1n) is 11.5. The molecule has 33 heavy (non-hydrogen) atoms. The van der Waals surface area contributed by atoms with Gasteiger partial charge in [-0.2, -0.15) is 0 Å². The average molecular weight is 436 g/mol. The first-order valence-corrected chi connectivity index (χ1v) is 11.5. The third kappa shape index (κ3) is 4.54. The van der Waals surface area contributed by atoms with Gasteiger partial charge < -0.3 is 5.11 Å². The number of rotatable bonds is 7. The minimum atomic E-state index is -0.421. The summed E-state index contributed by atoms with van der Waals surface area (Å²) < 4.78 is 2.11. The number of para-hydroxylation sites is 2. The van der Waals surface area contributed by atoms with E-state index in [4.69, 9.17) is 0 Å². The number of imidazole rings is 1. The summed E-state index contributed by atoms with van der Waals surface area (Å²) in [5.74, 6) is 0. The molecule has 5 rings (SSSR count). The predicted octanol–water partition coefficient (Wildman–Crippen LogP) is 5.78. The van der Waals surface area contributed by atoms with E-state index in [2.05, 4.69) is 101 Å². The van der Waals surface area contributed by atoms with Crippen molar-refractivity contribution >= 4 is 21.8 Å². The highest BCUT2D eigenvalue weighted by Gasteiger charge is 2.16. The summed E-state index contributed by atoms with van der Waals surface area (Å²) in [5, 5.41) is 13.2. The maximum absolute atomic E-state index is 10.8. The zero-order chi connectivity index (χ0) is 22.8. The number of likely N-dealkylation sites (N-methyl/N-ethyl adjacent to an activating group) is 1. The van der Waals surface area contributed by atoms with Gasteiger partial charge in [-0.1, -0.05) is 66.7 Å². The Hall–Kier alpha value is -3.47. The summed E-state index contributed by atoms with van der Waals surface area (Å²) in [6.45, 7) is 2.80. The number of nitrogens with zero attached hydrogens (tertiary/aromatic N) is 3. The second kappa shape index (κ2) is 9.18. The number of hydrogen-bond donors (Lipinski definition) is 1. The Labute approximate surface area is 194 Å². The van der Waals surface area contributed by atoms with Crippen LogP contribution < -0.4 is 0 Å². The fraction of sp³-hybridized carbons (Fsp3) is 0.207. The number of aliphatic hydroxyl groups is 1. The highest BCUT2D eigenvalue weighted by atomic mass is 16.3. The molecule has 5 aromatic rings. The molecule has 0 aliphatic carbocycles. The SMILES string of the molecule is CC(c1ccc(-n2cnc3ccccc32)cc1)N(C)CC(O)Cc1ccc2ccccc2c1. The number of aliphatic hydroxyl groups excluding tert-OH is 1. The molecule has 4 aromatic carbocycles. The molecule has 2 atom stereocenters. The summed E-state index contributed by atoms with van der Waals surface area (Å²) in [4.78, 5) is 6.71. The van der Waals surface area contributed by atoms with E-state index in [1.54, 1.807) is 0 Å². The quantitative estimate of drug-likeness (QED) is 0.353. The molecule has 1 heterocycles. The van der Waals surface area contributed by atoms with Gasteiger partial charge >= 0.3 is 0 Å². The van der Waals surface area contributed by atoms with Crippen molar-refractivity contribution in [3.8, 4) is 5.69 Å². The minimum absolute atomic E-state index is 0.199. The smallest absolute Gasteiger partial charge is 0.100 e. The van der Waals surface area contributed by atoms with Crippen LogP contribution in [-0.4, -0.2) is 39.3 Å². The van der Waals surface area contributed by atoms with E-state index >= 15 is 0 Å². The molecule has 0 aliphatic heterocycles. The Morgan fingerprint density at radius 2 is 1.61 bits per heavy atom. The zero-order valence-corrected chi connectivity index (χ0v) is 19.1. The van der Waals surface area contributed by atoms with Gasteiger partial charge in [0.25, 0.3) is 0 Å². The van der Waals surface area contributed by atoms with E-state index in [9.17, 15) is 5.11 Å². The van der Waals surface area contributed by atoms with Gasteiger partial charge in [-0.3, -0.25) is 9.47 Å². The highest BCUT2D eigenvalue weighted by Crippen LogP contribution is 2.23. The molecule has 0 radical (unpaired) electrons. The molecule has 166 valence electrons. The van der Waals surface area contributed by atoms with E-state index in [1.807, 2.05) is 24.5 Å². The third-order valence-corrected chi connectivity index (χ3v) is 6.55. The Morgan fingerprint density at radius 3 is 2.42 bits per heavy atom. The van der Waals surface area contributed by atoms with Crippen molar-refractivity contribution in [1.29, 1.82) is 0 Å².